The number of rotatable bonds is 8. The summed E-state index contributed by atoms with van der Waals surface area (Å²) in [4.78, 5) is 17.8. The van der Waals surface area contributed by atoms with Crippen LogP contribution in [0.3, 0.4) is 0 Å². The van der Waals surface area contributed by atoms with E-state index in [9.17, 15) is 15.2 Å². The number of ether oxygens (including phenoxy) is 2. The molecular formula is C39H61N5O4. The van der Waals surface area contributed by atoms with Gasteiger partial charge in [-0.1, -0.05) is 74.0 Å². The van der Waals surface area contributed by atoms with Crippen LogP contribution in [-0.4, -0.2) is 57.3 Å². The zero-order chi connectivity index (χ0) is 35.2. The highest BCUT2D eigenvalue weighted by Gasteiger charge is 2.72. The molecule has 1 aromatic rings. The lowest BCUT2D eigenvalue weighted by Crippen LogP contribution is -2.70. The van der Waals surface area contributed by atoms with Crippen LogP contribution in [0, 0.1) is 73.9 Å². The summed E-state index contributed by atoms with van der Waals surface area (Å²) in [5.74, 6) is 0.515. The van der Waals surface area contributed by atoms with Crippen LogP contribution in [-0.2, 0) is 14.3 Å². The molecule has 6 rings (SSSR count). The smallest absolute Gasteiger partial charge is 0.307 e. The molecule has 1 aromatic heterocycles. The number of hydrogen-bond donors (Lipinski definition) is 2. The van der Waals surface area contributed by atoms with Gasteiger partial charge < -0.3 is 20.3 Å². The third-order valence-corrected chi connectivity index (χ3v) is 15.9. The second kappa shape index (κ2) is 11.6. The van der Waals surface area contributed by atoms with Crippen molar-refractivity contribution in [3.63, 3.8) is 0 Å². The number of hydrogen-bond acceptors (Lipinski definition) is 7. The minimum Gasteiger partial charge on any atom is -0.481 e. The fraction of sp³-hybridized carbons (Fsp3) is 0.846. The third kappa shape index (κ3) is 4.82. The van der Waals surface area contributed by atoms with Crippen molar-refractivity contribution >= 4 is 5.97 Å². The molecule has 266 valence electrons. The summed E-state index contributed by atoms with van der Waals surface area (Å²) >= 11 is 0. The van der Waals surface area contributed by atoms with E-state index in [4.69, 9.17) is 15.2 Å². The maximum absolute atomic E-state index is 13.5. The van der Waals surface area contributed by atoms with Crippen LogP contribution in [0.2, 0.25) is 0 Å². The quantitative estimate of drug-likeness (QED) is 0.283. The van der Waals surface area contributed by atoms with Crippen molar-refractivity contribution in [2.45, 2.75) is 125 Å². The Labute approximate surface area is 288 Å². The monoisotopic (exact) mass is 663 g/mol. The first kappa shape index (κ1) is 35.5. The lowest BCUT2D eigenvalue weighted by atomic mass is 9.34. The van der Waals surface area contributed by atoms with E-state index >= 15 is 0 Å². The molecule has 3 N–H and O–H groups in total. The molecule has 0 spiro atoms. The second-order valence-corrected chi connectivity index (χ2v) is 18.7. The molecule has 5 aliphatic rings. The average molecular weight is 664 g/mol. The van der Waals surface area contributed by atoms with Crippen LogP contribution in [0.4, 0.5) is 0 Å². The van der Waals surface area contributed by atoms with Gasteiger partial charge in [-0.25, -0.2) is 9.67 Å². The van der Waals surface area contributed by atoms with Gasteiger partial charge >= 0.3 is 5.97 Å². The Morgan fingerprint density at radius 3 is 2.48 bits per heavy atom. The van der Waals surface area contributed by atoms with Gasteiger partial charge in [-0.15, -0.1) is 5.10 Å². The topological polar surface area (TPSA) is 136 Å². The van der Waals surface area contributed by atoms with Crippen molar-refractivity contribution in [1.82, 2.24) is 14.8 Å². The second-order valence-electron chi connectivity index (χ2n) is 18.7. The molecule has 2 heterocycles. The van der Waals surface area contributed by atoms with Crippen LogP contribution >= 0.6 is 0 Å². The molecule has 0 unspecified atom stereocenters. The number of allylic oxidation sites excluding steroid dienone is 1. The minimum atomic E-state index is -0.648. The molecule has 3 saturated carbocycles. The Kier molecular flexibility index (Phi) is 8.61. The number of nitrogens with zero attached hydrogens (tertiary/aromatic N) is 4. The van der Waals surface area contributed by atoms with Crippen LogP contribution in [0.15, 0.2) is 18.0 Å². The summed E-state index contributed by atoms with van der Waals surface area (Å²) in [5.41, 5.74) is 6.28. The predicted octanol–water partition coefficient (Wildman–Crippen LogP) is 7.04. The number of nitrogens with two attached hydrogens (primary N) is 1. The summed E-state index contributed by atoms with van der Waals surface area (Å²) in [7, 11) is 0. The lowest BCUT2D eigenvalue weighted by molar-refractivity contribution is -0.254. The number of carbonyl (C=O) groups is 1. The van der Waals surface area contributed by atoms with Crippen molar-refractivity contribution < 1.29 is 19.4 Å². The van der Waals surface area contributed by atoms with Gasteiger partial charge in [0.15, 0.2) is 0 Å². The van der Waals surface area contributed by atoms with Gasteiger partial charge in [0.25, 0.3) is 5.82 Å². The van der Waals surface area contributed by atoms with E-state index in [0.29, 0.717) is 31.7 Å². The van der Waals surface area contributed by atoms with Crippen LogP contribution in [0.25, 0.3) is 0 Å². The van der Waals surface area contributed by atoms with Gasteiger partial charge in [0, 0.05) is 11.0 Å². The number of aliphatic carboxylic acids is 1. The van der Waals surface area contributed by atoms with Crippen molar-refractivity contribution in [1.29, 1.82) is 5.26 Å². The maximum atomic E-state index is 13.5. The standard InChI is InChI=1S/C39H61N5O4/c1-23(2)25(5)35(7)15-16-36(8)26-11-12-29-34(6)17-28(44-22-42-30(18-40)43-44)32(48-20-38(10,41)24(3)4)39(29,21-47-19-34)27(26)13-14-37(36,9)31(35)33(45)46/h13,22-26,28-29,31-32H,11-12,14-17,19-21,41H2,1-10H3,(H,45,46)/t25-,26+,28-,29-,31-,32+,34-,35-,36-,37+,38+,39+/m1/s1. The molecule has 0 radical (unpaired) electrons. The van der Waals surface area contributed by atoms with E-state index in [-0.39, 0.29) is 52.0 Å². The molecule has 4 aliphatic carbocycles. The fourth-order valence-corrected chi connectivity index (χ4v) is 12.0. The van der Waals surface area contributed by atoms with Crippen molar-refractivity contribution in [2.24, 2.45) is 68.3 Å². The van der Waals surface area contributed by atoms with Gasteiger partial charge in [-0.2, -0.15) is 5.26 Å². The van der Waals surface area contributed by atoms with E-state index in [1.807, 2.05) is 4.68 Å². The Hall–Kier alpha value is -2.28. The highest BCUT2D eigenvalue weighted by atomic mass is 16.5. The molecule has 4 fully saturated rings. The van der Waals surface area contributed by atoms with Crippen molar-refractivity contribution in [2.75, 3.05) is 19.8 Å². The van der Waals surface area contributed by atoms with E-state index < -0.39 is 28.3 Å². The molecule has 9 heteroatoms. The number of carboxylic acids is 1. The fourth-order valence-electron chi connectivity index (χ4n) is 12.0. The lowest BCUT2D eigenvalue weighted by Gasteiger charge is -2.71. The zero-order valence-corrected chi connectivity index (χ0v) is 31.2. The first-order valence-electron chi connectivity index (χ1n) is 18.6. The van der Waals surface area contributed by atoms with Crippen LogP contribution < -0.4 is 5.73 Å². The molecular weight excluding hydrogens is 602 g/mol. The van der Waals surface area contributed by atoms with Gasteiger partial charge in [-0.05, 0) is 96.7 Å². The van der Waals surface area contributed by atoms with Crippen LogP contribution in [0.5, 0.6) is 0 Å². The number of carboxylic acid groups (broad SMARTS) is 1. The number of aromatic nitrogens is 3. The highest BCUT2D eigenvalue weighted by molar-refractivity contribution is 5.73. The Morgan fingerprint density at radius 2 is 1.88 bits per heavy atom. The SMILES string of the molecule is CC(C)[C@@H](C)[C@@]1(C)CC[C@]2(C)[C@H]3CC[C@@H]4[C@@]5(C)COC[C@@]4(C3=CC[C@@]2(C)[C@@H]1C(=O)O)[C@@H](OC[C@](C)(N)C(C)C)[C@H](n1cnc(C#N)n1)C5. The molecule has 48 heavy (non-hydrogen) atoms. The van der Waals surface area contributed by atoms with Gasteiger partial charge in [0.1, 0.15) is 12.4 Å². The van der Waals surface area contributed by atoms with Gasteiger partial charge in [0.05, 0.1) is 37.9 Å². The summed E-state index contributed by atoms with van der Waals surface area (Å²) in [5, 5.41) is 25.4. The summed E-state index contributed by atoms with van der Waals surface area (Å²) in [6.45, 7) is 24.0. The first-order valence-corrected chi connectivity index (χ1v) is 18.6. The average Bonchev–Trinajstić information content (AvgIpc) is 3.49. The molecule has 0 aromatic carbocycles. The predicted molar refractivity (Wildman–Crippen MR) is 185 cm³/mol. The third-order valence-electron chi connectivity index (χ3n) is 15.9. The van der Waals surface area contributed by atoms with Crippen molar-refractivity contribution in [3.05, 3.63) is 23.8 Å². The molecule has 1 saturated heterocycles. The molecule has 2 bridgehead atoms. The Morgan fingerprint density at radius 1 is 1.17 bits per heavy atom. The normalized spacial score (nSPS) is 44.1. The summed E-state index contributed by atoms with van der Waals surface area (Å²) in [6, 6.07) is 1.97. The molecule has 1 aliphatic heterocycles. The van der Waals surface area contributed by atoms with Gasteiger partial charge in [-0.3, -0.25) is 4.79 Å². The molecule has 9 nitrogen and oxygen atoms in total. The number of fused-ring (bicyclic) bond motifs is 3. The maximum Gasteiger partial charge on any atom is 0.307 e. The van der Waals surface area contributed by atoms with E-state index in [1.54, 1.807) is 6.33 Å². The molecule has 12 atom stereocenters. The Balaban J connectivity index is 1.52. The van der Waals surface area contributed by atoms with E-state index in [0.717, 1.165) is 38.5 Å². The zero-order valence-electron chi connectivity index (χ0n) is 31.2. The largest absolute Gasteiger partial charge is 0.481 e. The van der Waals surface area contributed by atoms with E-state index in [1.165, 1.54) is 5.57 Å². The number of nitriles is 1. The summed E-state index contributed by atoms with van der Waals surface area (Å²) < 4.78 is 15.7. The molecule has 0 amide bonds. The van der Waals surface area contributed by atoms with E-state index in [2.05, 4.69) is 91.5 Å². The summed E-state index contributed by atoms with van der Waals surface area (Å²) in [6.07, 6.45) is 9.38. The Bertz CT molecular complexity index is 1490. The minimum absolute atomic E-state index is 0.125. The van der Waals surface area contributed by atoms with Crippen molar-refractivity contribution in [3.8, 4) is 6.07 Å². The van der Waals surface area contributed by atoms with Gasteiger partial charge in [0.2, 0.25) is 0 Å². The first-order chi connectivity index (χ1) is 22.3. The van der Waals surface area contributed by atoms with Crippen LogP contribution in [0.1, 0.15) is 120 Å². The highest BCUT2D eigenvalue weighted by Crippen LogP contribution is 2.75.